The highest BCUT2D eigenvalue weighted by atomic mass is 16.5. The van der Waals surface area contributed by atoms with E-state index in [1.807, 2.05) is 55.5 Å². The normalized spacial score (nSPS) is 10.1. The third-order valence-corrected chi connectivity index (χ3v) is 3.30. The molecular formula is C18H21NO3. The van der Waals surface area contributed by atoms with Crippen LogP contribution in [0.2, 0.25) is 0 Å². The third kappa shape index (κ3) is 4.81. The number of hydrogen-bond donors (Lipinski definition) is 1. The average Bonchev–Trinajstić information content (AvgIpc) is 2.55. The first-order valence-corrected chi connectivity index (χ1v) is 7.27. The van der Waals surface area contributed by atoms with Crippen LogP contribution < -0.4 is 14.8 Å². The van der Waals surface area contributed by atoms with Gasteiger partial charge in [0.2, 0.25) is 0 Å². The van der Waals surface area contributed by atoms with Crippen molar-refractivity contribution in [1.29, 1.82) is 0 Å². The molecule has 1 amide bonds. The molecule has 4 nitrogen and oxygen atoms in total. The Hall–Kier alpha value is -2.49. The monoisotopic (exact) mass is 299 g/mol. The van der Waals surface area contributed by atoms with Crippen LogP contribution in [0.15, 0.2) is 48.5 Å². The molecule has 2 aromatic rings. The summed E-state index contributed by atoms with van der Waals surface area (Å²) in [5, 5.41) is 2.84. The predicted octanol–water partition coefficient (Wildman–Crippen LogP) is 2.74. The molecule has 0 heterocycles. The quantitative estimate of drug-likeness (QED) is 0.855. The maximum atomic E-state index is 11.8. The summed E-state index contributed by atoms with van der Waals surface area (Å²) < 4.78 is 10.7. The second-order valence-electron chi connectivity index (χ2n) is 5.01. The minimum Gasteiger partial charge on any atom is -0.496 e. The van der Waals surface area contributed by atoms with E-state index in [1.54, 1.807) is 7.11 Å². The van der Waals surface area contributed by atoms with Gasteiger partial charge in [0, 0.05) is 6.54 Å². The van der Waals surface area contributed by atoms with E-state index in [1.165, 1.54) is 0 Å². The van der Waals surface area contributed by atoms with E-state index in [9.17, 15) is 4.79 Å². The van der Waals surface area contributed by atoms with Gasteiger partial charge in [-0.1, -0.05) is 35.9 Å². The second-order valence-corrected chi connectivity index (χ2v) is 5.01. The fraction of sp³-hybridized carbons (Fsp3) is 0.278. The van der Waals surface area contributed by atoms with Crippen molar-refractivity contribution in [3.8, 4) is 11.5 Å². The molecule has 0 radical (unpaired) electrons. The van der Waals surface area contributed by atoms with Gasteiger partial charge >= 0.3 is 0 Å². The van der Waals surface area contributed by atoms with Crippen molar-refractivity contribution in [2.45, 2.75) is 13.3 Å². The maximum absolute atomic E-state index is 11.8. The summed E-state index contributed by atoms with van der Waals surface area (Å²) in [6.07, 6.45) is 0.723. The molecule has 2 aromatic carbocycles. The van der Waals surface area contributed by atoms with Crippen LogP contribution >= 0.6 is 0 Å². The van der Waals surface area contributed by atoms with E-state index in [-0.39, 0.29) is 12.5 Å². The highest BCUT2D eigenvalue weighted by Gasteiger charge is 2.05. The van der Waals surface area contributed by atoms with Crippen LogP contribution in [0.5, 0.6) is 11.5 Å². The fourth-order valence-electron chi connectivity index (χ4n) is 2.08. The zero-order chi connectivity index (χ0) is 15.8. The van der Waals surface area contributed by atoms with Crippen LogP contribution in [-0.2, 0) is 11.2 Å². The Morgan fingerprint density at radius 2 is 1.82 bits per heavy atom. The molecule has 0 aliphatic heterocycles. The van der Waals surface area contributed by atoms with Gasteiger partial charge < -0.3 is 14.8 Å². The Labute approximate surface area is 131 Å². The Morgan fingerprint density at radius 3 is 2.55 bits per heavy atom. The molecule has 22 heavy (non-hydrogen) atoms. The smallest absolute Gasteiger partial charge is 0.257 e. The van der Waals surface area contributed by atoms with Crippen LogP contribution in [0, 0.1) is 6.92 Å². The number of amides is 1. The molecule has 0 fully saturated rings. The van der Waals surface area contributed by atoms with E-state index in [0.717, 1.165) is 23.3 Å². The van der Waals surface area contributed by atoms with Crippen molar-refractivity contribution in [2.24, 2.45) is 0 Å². The Bertz CT molecular complexity index is 608. The van der Waals surface area contributed by atoms with Crippen LogP contribution in [-0.4, -0.2) is 26.2 Å². The summed E-state index contributed by atoms with van der Waals surface area (Å²) >= 11 is 0. The second kappa shape index (κ2) is 8.08. The summed E-state index contributed by atoms with van der Waals surface area (Å²) in [4.78, 5) is 11.8. The van der Waals surface area contributed by atoms with Crippen molar-refractivity contribution in [3.63, 3.8) is 0 Å². The van der Waals surface area contributed by atoms with Crippen molar-refractivity contribution in [1.82, 2.24) is 5.32 Å². The van der Waals surface area contributed by atoms with Gasteiger partial charge in [-0.15, -0.1) is 0 Å². The molecule has 0 atom stereocenters. The van der Waals surface area contributed by atoms with Gasteiger partial charge in [-0.2, -0.15) is 0 Å². The SMILES string of the molecule is COc1ccccc1CCNC(=O)COc1ccc(C)cc1. The van der Waals surface area contributed by atoms with Crippen molar-refractivity contribution in [2.75, 3.05) is 20.3 Å². The fourth-order valence-corrected chi connectivity index (χ4v) is 2.08. The topological polar surface area (TPSA) is 47.6 Å². The van der Waals surface area contributed by atoms with Gasteiger partial charge in [-0.3, -0.25) is 4.79 Å². The Balaban J connectivity index is 1.72. The average molecular weight is 299 g/mol. The van der Waals surface area contributed by atoms with E-state index in [2.05, 4.69) is 5.32 Å². The number of benzene rings is 2. The van der Waals surface area contributed by atoms with E-state index >= 15 is 0 Å². The number of para-hydroxylation sites is 1. The number of ether oxygens (including phenoxy) is 2. The lowest BCUT2D eigenvalue weighted by Gasteiger charge is -2.10. The highest BCUT2D eigenvalue weighted by molar-refractivity contribution is 5.77. The number of carbonyl (C=O) groups is 1. The standard InChI is InChI=1S/C18H21NO3/c1-14-7-9-16(10-8-14)22-13-18(20)19-12-11-15-5-3-4-6-17(15)21-2/h3-10H,11-13H2,1-2H3,(H,19,20). The first-order chi connectivity index (χ1) is 10.7. The first-order valence-electron chi connectivity index (χ1n) is 7.27. The highest BCUT2D eigenvalue weighted by Crippen LogP contribution is 2.17. The van der Waals surface area contributed by atoms with Crippen molar-refractivity contribution < 1.29 is 14.3 Å². The number of rotatable bonds is 7. The summed E-state index contributed by atoms with van der Waals surface area (Å²) in [6.45, 7) is 2.58. The number of nitrogens with one attached hydrogen (secondary N) is 1. The molecule has 1 N–H and O–H groups in total. The molecular weight excluding hydrogens is 278 g/mol. The largest absolute Gasteiger partial charge is 0.496 e. The molecule has 0 aliphatic carbocycles. The molecule has 0 aliphatic rings. The van der Waals surface area contributed by atoms with Crippen LogP contribution in [0.3, 0.4) is 0 Å². The molecule has 2 rings (SSSR count). The van der Waals surface area contributed by atoms with Crippen LogP contribution in [0.25, 0.3) is 0 Å². The van der Waals surface area contributed by atoms with E-state index < -0.39 is 0 Å². The predicted molar refractivity (Wildman–Crippen MR) is 86.4 cm³/mol. The Morgan fingerprint density at radius 1 is 1.09 bits per heavy atom. The Kier molecular flexibility index (Phi) is 5.83. The zero-order valence-corrected chi connectivity index (χ0v) is 13.0. The van der Waals surface area contributed by atoms with Crippen molar-refractivity contribution in [3.05, 3.63) is 59.7 Å². The lowest BCUT2D eigenvalue weighted by molar-refractivity contribution is -0.123. The van der Waals surface area contributed by atoms with Crippen LogP contribution in [0.1, 0.15) is 11.1 Å². The molecule has 0 spiro atoms. The molecule has 0 aromatic heterocycles. The summed E-state index contributed by atoms with van der Waals surface area (Å²) in [7, 11) is 1.65. The van der Waals surface area contributed by atoms with Gasteiger partial charge in [-0.25, -0.2) is 0 Å². The van der Waals surface area contributed by atoms with Gasteiger partial charge in [0.05, 0.1) is 7.11 Å². The minimum atomic E-state index is -0.129. The maximum Gasteiger partial charge on any atom is 0.257 e. The minimum absolute atomic E-state index is 0.0228. The molecule has 4 heteroatoms. The van der Waals surface area contributed by atoms with Crippen LogP contribution in [0.4, 0.5) is 0 Å². The van der Waals surface area contributed by atoms with Gasteiger partial charge in [0.15, 0.2) is 6.61 Å². The summed E-state index contributed by atoms with van der Waals surface area (Å²) in [5.74, 6) is 1.41. The first kappa shape index (κ1) is 15.9. The van der Waals surface area contributed by atoms with E-state index in [4.69, 9.17) is 9.47 Å². The van der Waals surface area contributed by atoms with Gasteiger partial charge in [0.1, 0.15) is 11.5 Å². The number of aryl methyl sites for hydroxylation is 1. The zero-order valence-electron chi connectivity index (χ0n) is 13.0. The van der Waals surface area contributed by atoms with Gasteiger partial charge in [0.25, 0.3) is 5.91 Å². The lowest BCUT2D eigenvalue weighted by Crippen LogP contribution is -2.30. The molecule has 0 saturated carbocycles. The van der Waals surface area contributed by atoms with Crippen molar-refractivity contribution >= 4 is 5.91 Å². The number of methoxy groups -OCH3 is 1. The third-order valence-electron chi connectivity index (χ3n) is 3.30. The molecule has 0 saturated heterocycles. The molecule has 0 unspecified atom stereocenters. The summed E-state index contributed by atoms with van der Waals surface area (Å²) in [6, 6.07) is 15.4. The number of hydrogen-bond acceptors (Lipinski definition) is 3. The van der Waals surface area contributed by atoms with E-state index in [0.29, 0.717) is 12.3 Å². The summed E-state index contributed by atoms with van der Waals surface area (Å²) in [5.41, 5.74) is 2.23. The molecule has 0 bridgehead atoms. The van der Waals surface area contributed by atoms with Gasteiger partial charge in [-0.05, 0) is 37.1 Å². The lowest BCUT2D eigenvalue weighted by atomic mass is 10.1. The number of carbonyl (C=O) groups excluding carboxylic acids is 1. The molecule has 116 valence electrons.